The third kappa shape index (κ3) is 8.27. The number of unbranched alkanes of at least 4 members (excludes halogenated alkanes) is 1. The second kappa shape index (κ2) is 6.90. The molecule has 0 heterocycles. The fourth-order valence-corrected chi connectivity index (χ4v) is 2.19. The van der Waals surface area contributed by atoms with E-state index in [1.807, 2.05) is 0 Å². The molecule has 0 saturated carbocycles. The molecule has 0 spiro atoms. The van der Waals surface area contributed by atoms with E-state index in [9.17, 15) is 0 Å². The van der Waals surface area contributed by atoms with Crippen LogP contribution < -0.4 is 0 Å². The van der Waals surface area contributed by atoms with E-state index in [4.69, 9.17) is 4.74 Å². The zero-order chi connectivity index (χ0) is 11.9. The Kier molecular flexibility index (Phi) is 7.10. The normalized spacial score (nSPS) is 13.2. The predicted molar refractivity (Wildman–Crippen MR) is 71.7 cm³/mol. The first-order chi connectivity index (χ1) is 6.83. The van der Waals surface area contributed by atoms with Crippen LogP contribution in [-0.4, -0.2) is 18.5 Å². The van der Waals surface area contributed by atoms with Gasteiger partial charge in [-0.25, -0.2) is 0 Å². The van der Waals surface area contributed by atoms with E-state index in [0.29, 0.717) is 5.41 Å². The maximum Gasteiger partial charge on any atom is 0.0517 e. The lowest BCUT2D eigenvalue weighted by Crippen LogP contribution is -2.28. The molecule has 0 aromatic carbocycles. The molecule has 2 heteroatoms. The first-order valence-electron chi connectivity index (χ1n) is 5.97. The largest absolute Gasteiger partial charge is 0.381 e. The first kappa shape index (κ1) is 15.4. The van der Waals surface area contributed by atoms with Gasteiger partial charge in [-0.1, -0.05) is 57.0 Å². The van der Waals surface area contributed by atoms with Crippen molar-refractivity contribution >= 4 is 15.9 Å². The monoisotopic (exact) mass is 278 g/mol. The lowest BCUT2D eigenvalue weighted by Gasteiger charge is -2.33. The summed E-state index contributed by atoms with van der Waals surface area (Å²) in [7, 11) is 0. The average molecular weight is 279 g/mol. The van der Waals surface area contributed by atoms with Gasteiger partial charge in [0.2, 0.25) is 0 Å². The summed E-state index contributed by atoms with van der Waals surface area (Å²) < 4.78 is 5.71. The van der Waals surface area contributed by atoms with Crippen LogP contribution in [0.3, 0.4) is 0 Å². The highest BCUT2D eigenvalue weighted by atomic mass is 79.9. The summed E-state index contributed by atoms with van der Waals surface area (Å²) in [5.74, 6) is 0. The molecular weight excluding hydrogens is 252 g/mol. The second-order valence-electron chi connectivity index (χ2n) is 6.04. The summed E-state index contributed by atoms with van der Waals surface area (Å²) in [6, 6.07) is 0. The summed E-state index contributed by atoms with van der Waals surface area (Å²) in [6.45, 7) is 13.2. The molecule has 15 heavy (non-hydrogen) atoms. The molecule has 0 aliphatic rings. The van der Waals surface area contributed by atoms with E-state index in [2.05, 4.69) is 50.5 Å². The molecule has 0 bridgehead atoms. The molecular formula is C13H27BrO. The van der Waals surface area contributed by atoms with Crippen molar-refractivity contribution in [2.24, 2.45) is 10.8 Å². The molecule has 0 rings (SSSR count). The zero-order valence-corrected chi connectivity index (χ0v) is 12.6. The maximum absolute atomic E-state index is 5.71. The van der Waals surface area contributed by atoms with Gasteiger partial charge in [0.1, 0.15) is 0 Å². The van der Waals surface area contributed by atoms with Gasteiger partial charge in [-0.2, -0.15) is 0 Å². The van der Waals surface area contributed by atoms with E-state index in [1.54, 1.807) is 0 Å². The number of alkyl halides is 1. The fraction of sp³-hybridized carbons (Fsp3) is 1.00. The number of hydrogen-bond acceptors (Lipinski definition) is 1. The standard InChI is InChI=1S/C13H27BrO/c1-6-7-8-15-11-13(4,5)9-12(2,3)10-14/h6-11H2,1-5H3. The Morgan fingerprint density at radius 3 is 2.13 bits per heavy atom. The van der Waals surface area contributed by atoms with Gasteiger partial charge in [-0.05, 0) is 23.7 Å². The first-order valence-corrected chi connectivity index (χ1v) is 7.09. The van der Waals surface area contributed by atoms with Crippen molar-refractivity contribution in [1.82, 2.24) is 0 Å². The van der Waals surface area contributed by atoms with Crippen molar-refractivity contribution in [1.29, 1.82) is 0 Å². The number of hydrogen-bond donors (Lipinski definition) is 0. The molecule has 92 valence electrons. The van der Waals surface area contributed by atoms with Crippen LogP contribution in [0.2, 0.25) is 0 Å². The zero-order valence-electron chi connectivity index (χ0n) is 11.0. The second-order valence-corrected chi connectivity index (χ2v) is 6.61. The molecule has 0 aliphatic heterocycles. The minimum atomic E-state index is 0.283. The molecule has 0 aromatic heterocycles. The lowest BCUT2D eigenvalue weighted by molar-refractivity contribution is 0.0393. The fourth-order valence-electron chi connectivity index (χ4n) is 1.99. The van der Waals surface area contributed by atoms with Crippen LogP contribution in [-0.2, 0) is 4.74 Å². The molecule has 0 radical (unpaired) electrons. The van der Waals surface area contributed by atoms with E-state index < -0.39 is 0 Å². The molecule has 1 nitrogen and oxygen atoms in total. The van der Waals surface area contributed by atoms with E-state index in [1.165, 1.54) is 19.3 Å². The Morgan fingerprint density at radius 1 is 1.07 bits per heavy atom. The van der Waals surface area contributed by atoms with Crippen LogP contribution in [0.5, 0.6) is 0 Å². The van der Waals surface area contributed by atoms with Gasteiger partial charge in [-0.15, -0.1) is 0 Å². The SMILES string of the molecule is CCCCOCC(C)(C)CC(C)(C)CBr. The molecule has 0 amide bonds. The van der Waals surface area contributed by atoms with Gasteiger partial charge in [0.15, 0.2) is 0 Å². The summed E-state index contributed by atoms with van der Waals surface area (Å²) in [4.78, 5) is 0. The van der Waals surface area contributed by atoms with Gasteiger partial charge in [0.25, 0.3) is 0 Å². The molecule has 0 atom stereocenters. The highest BCUT2D eigenvalue weighted by molar-refractivity contribution is 9.09. The molecule has 0 aliphatic carbocycles. The summed E-state index contributed by atoms with van der Waals surface area (Å²) in [6.07, 6.45) is 3.59. The Hall–Kier alpha value is 0.440. The smallest absolute Gasteiger partial charge is 0.0517 e. The van der Waals surface area contributed by atoms with Crippen LogP contribution in [0.25, 0.3) is 0 Å². The molecule has 0 aromatic rings. The highest BCUT2D eigenvalue weighted by Gasteiger charge is 2.28. The number of rotatable bonds is 8. The minimum absolute atomic E-state index is 0.283. The summed E-state index contributed by atoms with van der Waals surface area (Å²) >= 11 is 3.58. The average Bonchev–Trinajstić information content (AvgIpc) is 2.11. The maximum atomic E-state index is 5.71. The van der Waals surface area contributed by atoms with Gasteiger partial charge >= 0.3 is 0 Å². The topological polar surface area (TPSA) is 9.23 Å². The third-order valence-corrected chi connectivity index (χ3v) is 3.97. The van der Waals surface area contributed by atoms with Crippen molar-refractivity contribution < 1.29 is 4.74 Å². The molecule has 0 unspecified atom stereocenters. The third-order valence-electron chi connectivity index (χ3n) is 2.45. The Labute approximate surface area is 104 Å². The Bertz CT molecular complexity index is 164. The lowest BCUT2D eigenvalue weighted by atomic mass is 9.77. The van der Waals surface area contributed by atoms with Crippen LogP contribution in [0.15, 0.2) is 0 Å². The van der Waals surface area contributed by atoms with Crippen LogP contribution in [0.1, 0.15) is 53.9 Å². The van der Waals surface area contributed by atoms with Crippen molar-refractivity contribution in [3.8, 4) is 0 Å². The molecule has 0 saturated heterocycles. The minimum Gasteiger partial charge on any atom is -0.381 e. The predicted octanol–water partition coefficient (Wildman–Crippen LogP) is 4.64. The van der Waals surface area contributed by atoms with Gasteiger partial charge < -0.3 is 4.74 Å². The Morgan fingerprint density at radius 2 is 1.67 bits per heavy atom. The number of ether oxygens (including phenoxy) is 1. The van der Waals surface area contributed by atoms with Crippen molar-refractivity contribution in [2.75, 3.05) is 18.5 Å². The van der Waals surface area contributed by atoms with Gasteiger partial charge in [0.05, 0.1) is 6.61 Å². The van der Waals surface area contributed by atoms with Gasteiger partial charge in [-0.3, -0.25) is 0 Å². The summed E-state index contributed by atoms with van der Waals surface area (Å²) in [5, 5.41) is 1.05. The Balaban J connectivity index is 3.85. The van der Waals surface area contributed by atoms with E-state index in [0.717, 1.165) is 18.5 Å². The number of halogens is 1. The van der Waals surface area contributed by atoms with Crippen molar-refractivity contribution in [3.05, 3.63) is 0 Å². The van der Waals surface area contributed by atoms with Crippen LogP contribution in [0, 0.1) is 10.8 Å². The van der Waals surface area contributed by atoms with Gasteiger partial charge in [0, 0.05) is 11.9 Å². The van der Waals surface area contributed by atoms with Crippen molar-refractivity contribution in [2.45, 2.75) is 53.9 Å². The quantitative estimate of drug-likeness (QED) is 0.464. The van der Waals surface area contributed by atoms with Crippen molar-refractivity contribution in [3.63, 3.8) is 0 Å². The molecule has 0 fully saturated rings. The van der Waals surface area contributed by atoms with E-state index in [-0.39, 0.29) is 5.41 Å². The summed E-state index contributed by atoms with van der Waals surface area (Å²) in [5.41, 5.74) is 0.641. The van der Waals surface area contributed by atoms with E-state index >= 15 is 0 Å². The highest BCUT2D eigenvalue weighted by Crippen LogP contribution is 2.35. The van der Waals surface area contributed by atoms with Crippen LogP contribution in [0.4, 0.5) is 0 Å². The molecule has 0 N–H and O–H groups in total. The van der Waals surface area contributed by atoms with Crippen LogP contribution >= 0.6 is 15.9 Å².